The Bertz CT molecular complexity index is 424. The predicted molar refractivity (Wildman–Crippen MR) is 51.3 cm³/mol. The van der Waals surface area contributed by atoms with E-state index in [9.17, 15) is 0 Å². The van der Waals surface area contributed by atoms with Crippen LogP contribution in [0.2, 0.25) is 0 Å². The smallest absolute Gasteiger partial charge is 0.239 e. The third-order valence-electron chi connectivity index (χ3n) is 1.47. The monoisotopic (exact) mass is 239 g/mol. The molecule has 0 aromatic carbocycles. The highest BCUT2D eigenvalue weighted by Crippen LogP contribution is 2.16. The third-order valence-corrected chi connectivity index (χ3v) is 2.08. The summed E-state index contributed by atoms with van der Waals surface area (Å²) in [7, 11) is 0. The van der Waals surface area contributed by atoms with Gasteiger partial charge in [-0.3, -0.25) is 0 Å². The van der Waals surface area contributed by atoms with Crippen LogP contribution >= 0.6 is 15.9 Å². The molecule has 2 aromatic heterocycles. The number of nitrogens with two attached hydrogens (primary N) is 1. The van der Waals surface area contributed by atoms with Crippen molar-refractivity contribution in [1.29, 1.82) is 0 Å². The van der Waals surface area contributed by atoms with Gasteiger partial charge in [-0.15, -0.1) is 5.10 Å². The fourth-order valence-electron chi connectivity index (χ4n) is 0.924. The van der Waals surface area contributed by atoms with Gasteiger partial charge in [0.05, 0.1) is 4.47 Å². The third kappa shape index (κ3) is 1.52. The van der Waals surface area contributed by atoms with Gasteiger partial charge in [-0.05, 0) is 28.1 Å². The molecule has 6 heteroatoms. The molecule has 2 heterocycles. The summed E-state index contributed by atoms with van der Waals surface area (Å²) in [5.74, 6) is 0.907. The second-order valence-corrected chi connectivity index (χ2v) is 3.21. The van der Waals surface area contributed by atoms with Crippen molar-refractivity contribution < 1.29 is 0 Å². The lowest BCUT2D eigenvalue weighted by molar-refractivity contribution is 0.844. The molecule has 2 N–H and O–H groups in total. The lowest BCUT2D eigenvalue weighted by Crippen LogP contribution is -1.99. The molecule has 2 aromatic rings. The quantitative estimate of drug-likeness (QED) is 0.807. The van der Waals surface area contributed by atoms with E-state index in [0.717, 1.165) is 4.47 Å². The number of halogens is 1. The second kappa shape index (κ2) is 3.14. The Balaban J connectivity index is 2.52. The lowest BCUT2D eigenvalue weighted by atomic mass is 10.5. The van der Waals surface area contributed by atoms with Gasteiger partial charge in [-0.1, -0.05) is 0 Å². The Morgan fingerprint density at radius 2 is 2.23 bits per heavy atom. The standard InChI is InChI=1S/C7H6BrN5/c8-5-2-1-3-10-6(5)13-4-11-7(9)12-13/h1-4H,(H2,9,12). The first-order valence-electron chi connectivity index (χ1n) is 3.55. The van der Waals surface area contributed by atoms with E-state index in [1.807, 2.05) is 12.1 Å². The Kier molecular flexibility index (Phi) is 1.97. The van der Waals surface area contributed by atoms with E-state index in [-0.39, 0.29) is 5.95 Å². The van der Waals surface area contributed by atoms with Gasteiger partial charge in [0.2, 0.25) is 5.95 Å². The maximum absolute atomic E-state index is 5.38. The van der Waals surface area contributed by atoms with Crippen molar-refractivity contribution in [1.82, 2.24) is 19.7 Å². The molecule has 0 radical (unpaired) electrons. The zero-order valence-electron chi connectivity index (χ0n) is 6.55. The molecule has 0 bridgehead atoms. The average Bonchev–Trinajstić information content (AvgIpc) is 2.53. The van der Waals surface area contributed by atoms with Crippen LogP contribution in [0.3, 0.4) is 0 Å². The maximum atomic E-state index is 5.38. The fourth-order valence-corrected chi connectivity index (χ4v) is 1.36. The van der Waals surface area contributed by atoms with E-state index >= 15 is 0 Å². The Labute approximate surface area is 82.7 Å². The minimum absolute atomic E-state index is 0.234. The summed E-state index contributed by atoms with van der Waals surface area (Å²) in [5, 5.41) is 3.93. The molecular formula is C7H6BrN5. The summed E-state index contributed by atoms with van der Waals surface area (Å²) in [4.78, 5) is 7.92. The van der Waals surface area contributed by atoms with Crippen LogP contribution in [-0.4, -0.2) is 19.7 Å². The number of pyridine rings is 1. The Morgan fingerprint density at radius 1 is 1.38 bits per heavy atom. The van der Waals surface area contributed by atoms with E-state index in [4.69, 9.17) is 5.73 Å². The van der Waals surface area contributed by atoms with E-state index in [0.29, 0.717) is 5.82 Å². The molecule has 0 saturated heterocycles. The van der Waals surface area contributed by atoms with Gasteiger partial charge in [0.15, 0.2) is 5.82 Å². The van der Waals surface area contributed by atoms with Crippen molar-refractivity contribution >= 4 is 21.9 Å². The first-order chi connectivity index (χ1) is 6.27. The van der Waals surface area contributed by atoms with Crippen molar-refractivity contribution in [3.05, 3.63) is 29.1 Å². The number of anilines is 1. The van der Waals surface area contributed by atoms with Gasteiger partial charge in [0.1, 0.15) is 6.33 Å². The number of hydrogen-bond donors (Lipinski definition) is 1. The summed E-state index contributed by atoms with van der Waals surface area (Å²) in [6.45, 7) is 0. The van der Waals surface area contributed by atoms with Gasteiger partial charge in [0.25, 0.3) is 0 Å². The van der Waals surface area contributed by atoms with Crippen molar-refractivity contribution in [2.45, 2.75) is 0 Å². The van der Waals surface area contributed by atoms with E-state index < -0.39 is 0 Å². The number of nitrogens with zero attached hydrogens (tertiary/aromatic N) is 4. The second-order valence-electron chi connectivity index (χ2n) is 2.36. The van der Waals surface area contributed by atoms with Crippen LogP contribution in [0, 0.1) is 0 Å². The summed E-state index contributed by atoms with van der Waals surface area (Å²) < 4.78 is 2.36. The summed E-state index contributed by atoms with van der Waals surface area (Å²) in [5.41, 5.74) is 5.38. The lowest BCUT2D eigenvalue weighted by Gasteiger charge is -1.99. The number of rotatable bonds is 1. The van der Waals surface area contributed by atoms with Crippen molar-refractivity contribution in [3.63, 3.8) is 0 Å². The van der Waals surface area contributed by atoms with Gasteiger partial charge in [-0.2, -0.15) is 4.68 Å². The van der Waals surface area contributed by atoms with Crippen molar-refractivity contribution in [2.24, 2.45) is 0 Å². The number of aromatic nitrogens is 4. The molecule has 0 amide bonds. The Hall–Kier alpha value is -1.43. The normalized spacial score (nSPS) is 10.2. The molecule has 0 aliphatic carbocycles. The molecule has 0 fully saturated rings. The molecule has 2 rings (SSSR count). The predicted octanol–water partition coefficient (Wildman–Crippen LogP) is 1.01. The van der Waals surface area contributed by atoms with Crippen LogP contribution in [-0.2, 0) is 0 Å². The Morgan fingerprint density at radius 3 is 2.85 bits per heavy atom. The van der Waals surface area contributed by atoms with E-state index in [1.54, 1.807) is 6.20 Å². The van der Waals surface area contributed by atoms with Gasteiger partial charge in [0, 0.05) is 6.20 Å². The summed E-state index contributed by atoms with van der Waals surface area (Å²) in [6, 6.07) is 3.70. The average molecular weight is 240 g/mol. The van der Waals surface area contributed by atoms with Crippen LogP contribution in [0.1, 0.15) is 0 Å². The highest BCUT2D eigenvalue weighted by atomic mass is 79.9. The van der Waals surface area contributed by atoms with Crippen molar-refractivity contribution in [2.75, 3.05) is 5.73 Å². The first-order valence-corrected chi connectivity index (χ1v) is 4.35. The molecular weight excluding hydrogens is 234 g/mol. The molecule has 0 spiro atoms. The topological polar surface area (TPSA) is 69.6 Å². The van der Waals surface area contributed by atoms with Crippen molar-refractivity contribution in [3.8, 4) is 5.82 Å². The molecule has 0 aliphatic rings. The van der Waals surface area contributed by atoms with Crippen LogP contribution in [0.5, 0.6) is 0 Å². The van der Waals surface area contributed by atoms with Crippen LogP contribution < -0.4 is 5.73 Å². The maximum Gasteiger partial charge on any atom is 0.239 e. The highest BCUT2D eigenvalue weighted by molar-refractivity contribution is 9.10. The first kappa shape index (κ1) is 8.18. The fraction of sp³-hybridized carbons (Fsp3) is 0. The van der Waals surface area contributed by atoms with Gasteiger partial charge < -0.3 is 5.73 Å². The zero-order valence-corrected chi connectivity index (χ0v) is 8.14. The SMILES string of the molecule is Nc1ncn(-c2ncccc2Br)n1. The van der Waals surface area contributed by atoms with Crippen LogP contribution in [0.25, 0.3) is 5.82 Å². The number of nitrogen functional groups attached to an aromatic ring is 1. The van der Waals surface area contributed by atoms with Crippen LogP contribution in [0.4, 0.5) is 5.95 Å². The molecule has 0 atom stereocenters. The van der Waals surface area contributed by atoms with E-state index in [1.165, 1.54) is 11.0 Å². The van der Waals surface area contributed by atoms with Crippen LogP contribution in [0.15, 0.2) is 29.1 Å². The molecule has 0 saturated carbocycles. The highest BCUT2D eigenvalue weighted by Gasteiger charge is 2.04. The molecule has 0 unspecified atom stereocenters. The largest absolute Gasteiger partial charge is 0.366 e. The molecule has 5 nitrogen and oxygen atoms in total. The van der Waals surface area contributed by atoms with Gasteiger partial charge in [-0.25, -0.2) is 9.97 Å². The number of hydrogen-bond acceptors (Lipinski definition) is 4. The van der Waals surface area contributed by atoms with E-state index in [2.05, 4.69) is 31.0 Å². The minimum atomic E-state index is 0.234. The summed E-state index contributed by atoms with van der Waals surface area (Å²) in [6.07, 6.45) is 3.19. The van der Waals surface area contributed by atoms with Gasteiger partial charge >= 0.3 is 0 Å². The molecule has 0 aliphatic heterocycles. The zero-order chi connectivity index (χ0) is 9.26. The molecule has 13 heavy (non-hydrogen) atoms. The molecule has 66 valence electrons. The minimum Gasteiger partial charge on any atom is -0.366 e. The summed E-state index contributed by atoms with van der Waals surface area (Å²) >= 11 is 3.35.